The molecule has 1 N–H and O–H groups in total. The molecule has 152 valence electrons. The van der Waals surface area contributed by atoms with Crippen LogP contribution in [0, 0.1) is 0 Å². The molecule has 7 nitrogen and oxygen atoms in total. The van der Waals surface area contributed by atoms with Crippen LogP contribution in [0.1, 0.15) is 54.7 Å². The van der Waals surface area contributed by atoms with Gasteiger partial charge in [0, 0.05) is 32.5 Å². The van der Waals surface area contributed by atoms with Crippen molar-refractivity contribution in [3.05, 3.63) is 55.8 Å². The summed E-state index contributed by atoms with van der Waals surface area (Å²) in [5.41, 5.74) is 4.46. The van der Waals surface area contributed by atoms with E-state index in [0.29, 0.717) is 30.7 Å². The summed E-state index contributed by atoms with van der Waals surface area (Å²) >= 11 is 1.73. The second-order valence-corrected chi connectivity index (χ2v) is 8.83. The molecule has 3 aromatic rings. The van der Waals surface area contributed by atoms with E-state index >= 15 is 0 Å². The van der Waals surface area contributed by atoms with Gasteiger partial charge in [-0.1, -0.05) is 6.42 Å². The Morgan fingerprint density at radius 3 is 3.03 bits per heavy atom. The third-order valence-electron chi connectivity index (χ3n) is 6.16. The largest absolute Gasteiger partial charge is 0.338 e. The molecule has 1 fully saturated rings. The molecule has 8 heteroatoms. The summed E-state index contributed by atoms with van der Waals surface area (Å²) in [7, 11) is 0. The minimum Gasteiger partial charge on any atom is -0.338 e. The number of fused-ring (bicyclic) bond motifs is 2. The molecule has 1 atom stereocenters. The molecule has 29 heavy (non-hydrogen) atoms. The lowest BCUT2D eigenvalue weighted by Gasteiger charge is -2.34. The number of aromatic nitrogens is 3. The Morgan fingerprint density at radius 2 is 2.24 bits per heavy atom. The fourth-order valence-electron chi connectivity index (χ4n) is 4.59. The number of hydrogen-bond acceptors (Lipinski definition) is 5. The Labute approximate surface area is 173 Å². The first-order valence-corrected chi connectivity index (χ1v) is 11.2. The number of hydrogen-bond donors (Lipinski definition) is 1. The van der Waals surface area contributed by atoms with Crippen molar-refractivity contribution < 1.29 is 4.79 Å². The summed E-state index contributed by atoms with van der Waals surface area (Å²) in [6.45, 7) is 4.51. The highest BCUT2D eigenvalue weighted by atomic mass is 32.1. The highest BCUT2D eigenvalue weighted by molar-refractivity contribution is 7.07. The fraction of sp³-hybridized carbons (Fsp3) is 0.476. The van der Waals surface area contributed by atoms with Crippen LogP contribution < -0.4 is 5.56 Å². The fourth-order valence-corrected chi connectivity index (χ4v) is 5.25. The minimum atomic E-state index is -0.0811. The van der Waals surface area contributed by atoms with Gasteiger partial charge in [0.05, 0.1) is 29.5 Å². The van der Waals surface area contributed by atoms with Crippen LogP contribution in [0.4, 0.5) is 0 Å². The second-order valence-electron chi connectivity index (χ2n) is 8.05. The number of nitrogens with one attached hydrogen (secondary N) is 1. The van der Waals surface area contributed by atoms with E-state index in [0.717, 1.165) is 30.9 Å². The van der Waals surface area contributed by atoms with Crippen molar-refractivity contribution in [2.24, 2.45) is 0 Å². The van der Waals surface area contributed by atoms with E-state index in [4.69, 9.17) is 4.98 Å². The van der Waals surface area contributed by atoms with Gasteiger partial charge in [0.15, 0.2) is 5.65 Å². The van der Waals surface area contributed by atoms with Gasteiger partial charge in [-0.15, -0.1) is 0 Å². The Bertz CT molecular complexity index is 1100. The van der Waals surface area contributed by atoms with Gasteiger partial charge in [-0.05, 0) is 41.8 Å². The zero-order valence-electron chi connectivity index (χ0n) is 16.6. The van der Waals surface area contributed by atoms with Crippen LogP contribution in [-0.4, -0.2) is 43.4 Å². The Kier molecular flexibility index (Phi) is 4.75. The number of aromatic amines is 1. The SMILES string of the molecule is CC(=O)N1CCc2nc3cc([C@H]4CCCCN4Cc4ccsc4)[nH]n3c(=O)c2C1. The van der Waals surface area contributed by atoms with Crippen LogP contribution in [0.2, 0.25) is 0 Å². The molecule has 2 aliphatic rings. The third-order valence-corrected chi connectivity index (χ3v) is 6.90. The van der Waals surface area contributed by atoms with Gasteiger partial charge in [0.1, 0.15) is 0 Å². The Morgan fingerprint density at radius 1 is 1.34 bits per heavy atom. The number of piperidine rings is 1. The highest BCUT2D eigenvalue weighted by Gasteiger charge is 2.28. The van der Waals surface area contributed by atoms with E-state index in [1.165, 1.54) is 18.4 Å². The zero-order valence-corrected chi connectivity index (χ0v) is 17.4. The average molecular weight is 412 g/mol. The van der Waals surface area contributed by atoms with Crippen molar-refractivity contribution in [3.63, 3.8) is 0 Å². The summed E-state index contributed by atoms with van der Waals surface area (Å²) in [6, 6.07) is 4.48. The van der Waals surface area contributed by atoms with E-state index < -0.39 is 0 Å². The standard InChI is InChI=1S/C21H25N5O2S/c1-14(27)24-8-5-17-16(12-24)21(28)26-20(22-17)10-18(23-26)19-4-2-3-7-25(19)11-15-6-9-29-13-15/h6,9-10,13,19,23H,2-5,7-8,11-12H2,1H3/t19-/m1/s1. The predicted molar refractivity (Wildman–Crippen MR) is 112 cm³/mol. The maximum Gasteiger partial charge on any atom is 0.277 e. The molecule has 2 aliphatic heterocycles. The number of nitrogens with zero attached hydrogens (tertiary/aromatic N) is 4. The van der Waals surface area contributed by atoms with Crippen molar-refractivity contribution in [2.75, 3.05) is 13.1 Å². The normalized spacial score (nSPS) is 20.2. The van der Waals surface area contributed by atoms with Gasteiger partial charge in [-0.25, -0.2) is 9.50 Å². The maximum absolute atomic E-state index is 13.1. The number of carbonyl (C=O) groups excluding carboxylic acids is 1. The molecule has 1 saturated heterocycles. The molecule has 3 aromatic heterocycles. The number of rotatable bonds is 3. The quantitative estimate of drug-likeness (QED) is 0.719. The first kappa shape index (κ1) is 18.6. The van der Waals surface area contributed by atoms with Gasteiger partial charge >= 0.3 is 0 Å². The molecule has 0 spiro atoms. The molecule has 1 amide bonds. The molecule has 0 saturated carbocycles. The van der Waals surface area contributed by atoms with E-state index in [1.54, 1.807) is 27.7 Å². The number of thiophene rings is 1. The van der Waals surface area contributed by atoms with E-state index in [-0.39, 0.29) is 17.5 Å². The van der Waals surface area contributed by atoms with Gasteiger partial charge < -0.3 is 4.90 Å². The van der Waals surface area contributed by atoms with Crippen molar-refractivity contribution in [1.82, 2.24) is 24.4 Å². The topological polar surface area (TPSA) is 73.7 Å². The van der Waals surface area contributed by atoms with Crippen LogP contribution in [-0.2, 0) is 24.3 Å². The summed E-state index contributed by atoms with van der Waals surface area (Å²) in [5.74, 6) is -0.00130. The van der Waals surface area contributed by atoms with Crippen LogP contribution in [0.3, 0.4) is 0 Å². The Balaban J connectivity index is 1.50. The lowest BCUT2D eigenvalue weighted by Crippen LogP contribution is -2.39. The molecule has 0 aliphatic carbocycles. The average Bonchev–Trinajstić information content (AvgIpc) is 3.38. The number of H-pyrrole nitrogens is 1. The monoisotopic (exact) mass is 411 g/mol. The number of carbonyl (C=O) groups is 1. The van der Waals surface area contributed by atoms with Gasteiger partial charge in [-0.2, -0.15) is 11.3 Å². The molecule has 5 rings (SSSR count). The molecular weight excluding hydrogens is 386 g/mol. The third kappa shape index (κ3) is 3.40. The smallest absolute Gasteiger partial charge is 0.277 e. The van der Waals surface area contributed by atoms with Crippen molar-refractivity contribution in [1.29, 1.82) is 0 Å². The molecular formula is C21H25N5O2S. The molecule has 0 radical (unpaired) electrons. The summed E-state index contributed by atoms with van der Waals surface area (Å²) in [6.07, 6.45) is 4.10. The maximum atomic E-state index is 13.1. The lowest BCUT2D eigenvalue weighted by molar-refractivity contribution is -0.129. The lowest BCUT2D eigenvalue weighted by atomic mass is 9.99. The van der Waals surface area contributed by atoms with Gasteiger partial charge in [-0.3, -0.25) is 19.6 Å². The Hall–Kier alpha value is -2.45. The van der Waals surface area contributed by atoms with Crippen LogP contribution >= 0.6 is 11.3 Å². The molecule has 0 unspecified atom stereocenters. The first-order valence-electron chi connectivity index (χ1n) is 10.2. The van der Waals surface area contributed by atoms with Gasteiger partial charge in [0.25, 0.3) is 5.56 Å². The van der Waals surface area contributed by atoms with Crippen LogP contribution in [0.25, 0.3) is 5.65 Å². The highest BCUT2D eigenvalue weighted by Crippen LogP contribution is 2.32. The number of likely N-dealkylation sites (tertiary alicyclic amines) is 1. The van der Waals surface area contributed by atoms with Gasteiger partial charge in [0.2, 0.25) is 5.91 Å². The minimum absolute atomic E-state index is 0.00130. The van der Waals surface area contributed by atoms with E-state index in [9.17, 15) is 9.59 Å². The van der Waals surface area contributed by atoms with Crippen molar-refractivity contribution in [2.45, 2.75) is 51.7 Å². The zero-order chi connectivity index (χ0) is 20.0. The van der Waals surface area contributed by atoms with Crippen molar-refractivity contribution in [3.8, 4) is 0 Å². The number of amides is 1. The first-order chi connectivity index (χ1) is 14.1. The van der Waals surface area contributed by atoms with Crippen LogP contribution in [0.15, 0.2) is 27.7 Å². The summed E-state index contributed by atoms with van der Waals surface area (Å²) in [4.78, 5) is 33.8. The summed E-state index contributed by atoms with van der Waals surface area (Å²) < 4.78 is 1.56. The molecule has 0 aromatic carbocycles. The van der Waals surface area contributed by atoms with E-state index in [1.807, 2.05) is 6.07 Å². The second kappa shape index (κ2) is 7.42. The van der Waals surface area contributed by atoms with Crippen LogP contribution in [0.5, 0.6) is 0 Å². The van der Waals surface area contributed by atoms with Crippen molar-refractivity contribution >= 4 is 22.9 Å². The molecule has 0 bridgehead atoms. The summed E-state index contributed by atoms with van der Waals surface area (Å²) in [5, 5.41) is 7.66. The van der Waals surface area contributed by atoms with E-state index in [2.05, 4.69) is 26.8 Å². The predicted octanol–water partition coefficient (Wildman–Crippen LogP) is 2.72. The molecule has 5 heterocycles.